The van der Waals surface area contributed by atoms with Crippen molar-refractivity contribution in [2.24, 2.45) is 0 Å². The van der Waals surface area contributed by atoms with Crippen molar-refractivity contribution < 1.29 is 0 Å². The highest BCUT2D eigenvalue weighted by Gasteiger charge is 2.25. The van der Waals surface area contributed by atoms with Crippen LogP contribution in [0.1, 0.15) is 39.7 Å². The van der Waals surface area contributed by atoms with Crippen LogP contribution in [-0.2, 0) is 6.54 Å². The number of piperazine rings is 1. The Labute approximate surface area is 129 Å². The van der Waals surface area contributed by atoms with Crippen LogP contribution in [0, 0.1) is 0 Å². The molecule has 0 bridgehead atoms. The second-order valence-corrected chi connectivity index (χ2v) is 6.91. The molecule has 0 aliphatic carbocycles. The van der Waals surface area contributed by atoms with Gasteiger partial charge in [0.1, 0.15) is 5.82 Å². The molecule has 4 heteroatoms. The van der Waals surface area contributed by atoms with Gasteiger partial charge >= 0.3 is 0 Å². The number of nitrogens with zero attached hydrogens (tertiary/aromatic N) is 3. The van der Waals surface area contributed by atoms with Crippen molar-refractivity contribution in [3.8, 4) is 0 Å². The second kappa shape index (κ2) is 7.23. The fraction of sp³-hybridized carbons (Fsp3) is 0.706. The molecule has 1 N–H and O–H groups in total. The average Bonchev–Trinajstić information content (AvgIpc) is 2.46. The summed E-state index contributed by atoms with van der Waals surface area (Å²) in [5.41, 5.74) is 1.60. The van der Waals surface area contributed by atoms with E-state index in [4.69, 9.17) is 0 Å². The van der Waals surface area contributed by atoms with Crippen LogP contribution in [0.2, 0.25) is 0 Å². The molecule has 0 unspecified atom stereocenters. The van der Waals surface area contributed by atoms with Gasteiger partial charge in [0.25, 0.3) is 0 Å². The Morgan fingerprint density at radius 1 is 1.14 bits per heavy atom. The highest BCUT2D eigenvalue weighted by molar-refractivity contribution is 5.35. The van der Waals surface area contributed by atoms with Crippen LogP contribution in [0.4, 0.5) is 5.82 Å². The molecular weight excluding hydrogens is 260 g/mol. The molecule has 0 spiro atoms. The number of rotatable bonds is 5. The molecule has 1 aromatic heterocycles. The van der Waals surface area contributed by atoms with E-state index in [1.807, 2.05) is 6.20 Å². The first-order valence-electron chi connectivity index (χ1n) is 8.15. The summed E-state index contributed by atoms with van der Waals surface area (Å²) in [4.78, 5) is 9.58. The molecular formula is C17H30N4. The zero-order valence-electron chi connectivity index (χ0n) is 14.0. The highest BCUT2D eigenvalue weighted by Crippen LogP contribution is 2.17. The number of hydrogen-bond donors (Lipinski definition) is 1. The van der Waals surface area contributed by atoms with Gasteiger partial charge < -0.3 is 5.32 Å². The van der Waals surface area contributed by atoms with Gasteiger partial charge in [0.2, 0.25) is 0 Å². The van der Waals surface area contributed by atoms with Gasteiger partial charge in [0, 0.05) is 51.0 Å². The highest BCUT2D eigenvalue weighted by atomic mass is 15.3. The van der Waals surface area contributed by atoms with E-state index in [0.717, 1.165) is 51.5 Å². The second-order valence-electron chi connectivity index (χ2n) is 6.91. The Hall–Kier alpha value is -1.13. The molecule has 2 heterocycles. The number of pyridine rings is 1. The molecule has 2 rings (SSSR count). The van der Waals surface area contributed by atoms with Crippen molar-refractivity contribution in [1.29, 1.82) is 0 Å². The van der Waals surface area contributed by atoms with Gasteiger partial charge in [-0.05, 0) is 38.8 Å². The van der Waals surface area contributed by atoms with Gasteiger partial charge in [-0.2, -0.15) is 0 Å². The molecule has 21 heavy (non-hydrogen) atoms. The lowest BCUT2D eigenvalue weighted by Crippen LogP contribution is -2.53. The van der Waals surface area contributed by atoms with E-state index in [-0.39, 0.29) is 0 Å². The van der Waals surface area contributed by atoms with Crippen molar-refractivity contribution in [2.45, 2.75) is 46.2 Å². The molecule has 4 nitrogen and oxygen atoms in total. The SMILES string of the molecule is CCCNc1ccc(CN2CCN(C(C)(C)C)CC2)cn1. The molecule has 1 saturated heterocycles. The van der Waals surface area contributed by atoms with E-state index in [2.05, 4.69) is 59.9 Å². The van der Waals surface area contributed by atoms with Gasteiger partial charge in [-0.1, -0.05) is 13.0 Å². The van der Waals surface area contributed by atoms with Crippen LogP contribution in [0.25, 0.3) is 0 Å². The smallest absolute Gasteiger partial charge is 0.125 e. The van der Waals surface area contributed by atoms with Gasteiger partial charge in [-0.25, -0.2) is 4.98 Å². The topological polar surface area (TPSA) is 31.4 Å². The number of anilines is 1. The van der Waals surface area contributed by atoms with E-state index >= 15 is 0 Å². The minimum atomic E-state index is 0.292. The number of nitrogens with one attached hydrogen (secondary N) is 1. The van der Waals surface area contributed by atoms with Crippen molar-refractivity contribution >= 4 is 5.82 Å². The van der Waals surface area contributed by atoms with E-state index in [1.165, 1.54) is 5.56 Å². The number of hydrogen-bond acceptors (Lipinski definition) is 4. The number of aromatic nitrogens is 1. The average molecular weight is 290 g/mol. The van der Waals surface area contributed by atoms with E-state index in [9.17, 15) is 0 Å². The molecule has 0 radical (unpaired) electrons. The first kappa shape index (κ1) is 16.2. The Kier molecular flexibility index (Phi) is 5.59. The third kappa shape index (κ3) is 4.97. The van der Waals surface area contributed by atoms with Crippen LogP contribution in [0.5, 0.6) is 0 Å². The summed E-state index contributed by atoms with van der Waals surface area (Å²) >= 11 is 0. The summed E-state index contributed by atoms with van der Waals surface area (Å²) in [6.45, 7) is 15.7. The monoisotopic (exact) mass is 290 g/mol. The zero-order chi connectivity index (χ0) is 15.3. The van der Waals surface area contributed by atoms with Crippen LogP contribution < -0.4 is 5.32 Å². The van der Waals surface area contributed by atoms with Crippen LogP contribution >= 0.6 is 0 Å². The molecule has 1 aromatic rings. The molecule has 1 fully saturated rings. The molecule has 0 aromatic carbocycles. The molecule has 1 aliphatic heterocycles. The summed E-state index contributed by atoms with van der Waals surface area (Å²) in [7, 11) is 0. The summed E-state index contributed by atoms with van der Waals surface area (Å²) < 4.78 is 0. The Balaban J connectivity index is 1.80. The fourth-order valence-electron chi connectivity index (χ4n) is 2.71. The van der Waals surface area contributed by atoms with E-state index in [0.29, 0.717) is 5.54 Å². The van der Waals surface area contributed by atoms with Crippen molar-refractivity contribution in [2.75, 3.05) is 38.0 Å². The van der Waals surface area contributed by atoms with Crippen molar-refractivity contribution in [1.82, 2.24) is 14.8 Å². The zero-order valence-corrected chi connectivity index (χ0v) is 14.0. The summed E-state index contributed by atoms with van der Waals surface area (Å²) in [6.07, 6.45) is 3.13. The molecule has 0 saturated carbocycles. The van der Waals surface area contributed by atoms with Gasteiger partial charge in [-0.15, -0.1) is 0 Å². The maximum absolute atomic E-state index is 4.49. The Bertz CT molecular complexity index is 413. The first-order valence-corrected chi connectivity index (χ1v) is 8.15. The third-order valence-corrected chi connectivity index (χ3v) is 4.11. The summed E-state index contributed by atoms with van der Waals surface area (Å²) in [6, 6.07) is 4.29. The maximum Gasteiger partial charge on any atom is 0.125 e. The van der Waals surface area contributed by atoms with Gasteiger partial charge in [0.05, 0.1) is 0 Å². The largest absolute Gasteiger partial charge is 0.370 e. The summed E-state index contributed by atoms with van der Waals surface area (Å²) in [5.74, 6) is 0.984. The van der Waals surface area contributed by atoms with Gasteiger partial charge in [-0.3, -0.25) is 9.80 Å². The van der Waals surface area contributed by atoms with Crippen LogP contribution in [-0.4, -0.2) is 53.0 Å². The standard InChI is InChI=1S/C17H30N4/c1-5-8-18-16-7-6-15(13-19-16)14-20-9-11-21(12-10-20)17(2,3)4/h6-7,13H,5,8-12,14H2,1-4H3,(H,18,19). The lowest BCUT2D eigenvalue weighted by molar-refractivity contribution is 0.0590. The van der Waals surface area contributed by atoms with Crippen LogP contribution in [0.3, 0.4) is 0 Å². The third-order valence-electron chi connectivity index (χ3n) is 4.11. The summed E-state index contributed by atoms with van der Waals surface area (Å²) in [5, 5.41) is 3.32. The quantitative estimate of drug-likeness (QED) is 0.903. The van der Waals surface area contributed by atoms with Crippen molar-refractivity contribution in [3.05, 3.63) is 23.9 Å². The normalized spacial score (nSPS) is 17.9. The molecule has 0 atom stereocenters. The maximum atomic E-state index is 4.49. The molecule has 0 amide bonds. The predicted octanol–water partition coefficient (Wildman–Crippen LogP) is 2.82. The molecule has 118 valence electrons. The van der Waals surface area contributed by atoms with E-state index in [1.54, 1.807) is 0 Å². The fourth-order valence-corrected chi connectivity index (χ4v) is 2.71. The first-order chi connectivity index (χ1) is 9.99. The van der Waals surface area contributed by atoms with Crippen molar-refractivity contribution in [3.63, 3.8) is 0 Å². The minimum Gasteiger partial charge on any atom is -0.370 e. The lowest BCUT2D eigenvalue weighted by atomic mass is 10.0. The molecule has 1 aliphatic rings. The predicted molar refractivity (Wildman–Crippen MR) is 89.6 cm³/mol. The van der Waals surface area contributed by atoms with Gasteiger partial charge in [0.15, 0.2) is 0 Å². The lowest BCUT2D eigenvalue weighted by Gasteiger charge is -2.42. The van der Waals surface area contributed by atoms with E-state index < -0.39 is 0 Å². The Morgan fingerprint density at radius 2 is 1.86 bits per heavy atom. The van der Waals surface area contributed by atoms with Crippen LogP contribution in [0.15, 0.2) is 18.3 Å². The minimum absolute atomic E-state index is 0.292. The Morgan fingerprint density at radius 3 is 2.38 bits per heavy atom.